The Labute approximate surface area is 273 Å². The Morgan fingerprint density at radius 2 is 1.27 bits per heavy atom. The molecule has 232 valence electrons. The van der Waals surface area contributed by atoms with Crippen molar-refractivity contribution in [2.24, 2.45) is 0 Å². The van der Waals surface area contributed by atoms with Crippen LogP contribution in [0.15, 0.2) is 121 Å². The molecule has 0 radical (unpaired) electrons. The van der Waals surface area contributed by atoms with Gasteiger partial charge in [0.15, 0.2) is 0 Å². The number of rotatable bonds is 9. The first kappa shape index (κ1) is 31.4. The number of carbonyl (C=O) groups is 1. The quantitative estimate of drug-likeness (QED) is 0.154. The van der Waals surface area contributed by atoms with Gasteiger partial charge < -0.3 is 13.9 Å². The maximum Gasteiger partial charge on any atom is 0.267 e. The molecule has 0 aromatic heterocycles. The van der Waals surface area contributed by atoms with Gasteiger partial charge in [-0.25, -0.2) is 0 Å². The molecule has 1 amide bonds. The second kappa shape index (κ2) is 13.0. The summed E-state index contributed by atoms with van der Waals surface area (Å²) in [5.41, 5.74) is 1.10. The van der Waals surface area contributed by atoms with Crippen LogP contribution in [-0.4, -0.2) is 49.7 Å². The molecule has 0 N–H and O–H groups in total. The lowest BCUT2D eigenvalue weighted by molar-refractivity contribution is -0.133. The number of hydrogen-bond donors (Lipinski definition) is 0. The van der Waals surface area contributed by atoms with E-state index in [1.807, 2.05) is 60.7 Å². The van der Waals surface area contributed by atoms with Crippen LogP contribution in [0.4, 0.5) is 0 Å². The van der Waals surface area contributed by atoms with Crippen molar-refractivity contribution in [2.45, 2.75) is 62.8 Å². The number of ether oxygens (including phenoxy) is 2. The summed E-state index contributed by atoms with van der Waals surface area (Å²) in [5.74, 6) is -0.0937. The molecule has 0 spiro atoms. The first-order chi connectivity index (χ1) is 21.8. The number of thiocarbonyl (C=S) groups is 1. The van der Waals surface area contributed by atoms with Gasteiger partial charge in [0, 0.05) is 0 Å². The maximum atomic E-state index is 14.2. The second-order valence-electron chi connectivity index (χ2n) is 13.0. The molecule has 45 heavy (non-hydrogen) atoms. The molecule has 7 heteroatoms. The average molecular weight is 636 g/mol. The van der Waals surface area contributed by atoms with E-state index in [1.165, 1.54) is 10.4 Å². The SMILES string of the molecule is CC(C)(C)[Si](OC[C@@H]1CC[C@@H](CC(=O)N2C(=S)OCC2(c2ccccc2)c2ccccc2)O1)(c1ccccc1)c1ccccc1. The third kappa shape index (κ3) is 5.90. The van der Waals surface area contributed by atoms with Gasteiger partial charge in [-0.2, -0.15) is 0 Å². The number of nitrogens with zero attached hydrogens (tertiary/aromatic N) is 1. The van der Waals surface area contributed by atoms with Crippen molar-refractivity contribution in [3.05, 3.63) is 132 Å². The summed E-state index contributed by atoms with van der Waals surface area (Å²) in [6.07, 6.45) is 1.52. The van der Waals surface area contributed by atoms with Crippen LogP contribution in [0, 0.1) is 0 Å². The molecule has 2 saturated heterocycles. The highest BCUT2D eigenvalue weighted by molar-refractivity contribution is 7.80. The lowest BCUT2D eigenvalue weighted by Gasteiger charge is -2.43. The zero-order valence-corrected chi connectivity index (χ0v) is 28.0. The molecule has 2 aliphatic heterocycles. The van der Waals surface area contributed by atoms with Crippen molar-refractivity contribution in [1.29, 1.82) is 0 Å². The van der Waals surface area contributed by atoms with Gasteiger partial charge in [0.25, 0.3) is 13.5 Å². The normalized spacial score (nSPS) is 19.8. The van der Waals surface area contributed by atoms with E-state index in [0.29, 0.717) is 6.61 Å². The standard InChI is InChI=1S/C38H41NO4SSi/c1-37(2,3)45(33-20-12-6-13-21-33,34-22-14-7-15-23-34)42-27-32-25-24-31(43-32)26-35(40)39-36(44)41-28-38(39,29-16-8-4-9-17-29)30-18-10-5-11-19-30/h4-23,31-32H,24-28H2,1-3H3/t31-,32-/m0/s1. The number of amides is 1. The molecule has 2 fully saturated rings. The Balaban J connectivity index is 1.21. The average Bonchev–Trinajstić information content (AvgIpc) is 3.66. The van der Waals surface area contributed by atoms with E-state index >= 15 is 0 Å². The molecule has 0 saturated carbocycles. The summed E-state index contributed by atoms with van der Waals surface area (Å²) in [6.45, 7) is 7.59. The first-order valence-electron chi connectivity index (χ1n) is 15.8. The van der Waals surface area contributed by atoms with E-state index < -0.39 is 13.9 Å². The molecular weight excluding hydrogens is 595 g/mol. The predicted molar refractivity (Wildman–Crippen MR) is 185 cm³/mol. The highest BCUT2D eigenvalue weighted by Crippen LogP contribution is 2.42. The minimum atomic E-state index is -2.68. The van der Waals surface area contributed by atoms with Crippen molar-refractivity contribution in [3.63, 3.8) is 0 Å². The van der Waals surface area contributed by atoms with Gasteiger partial charge in [0.1, 0.15) is 12.1 Å². The number of benzene rings is 4. The summed E-state index contributed by atoms with van der Waals surface area (Å²) in [4.78, 5) is 15.8. The van der Waals surface area contributed by atoms with Crippen LogP contribution in [-0.2, 0) is 24.2 Å². The minimum absolute atomic E-state index is 0.0937. The van der Waals surface area contributed by atoms with E-state index in [-0.39, 0.29) is 41.4 Å². The fraction of sp³-hybridized carbons (Fsp3) is 0.316. The summed E-state index contributed by atoms with van der Waals surface area (Å²) < 4.78 is 19.7. The summed E-state index contributed by atoms with van der Waals surface area (Å²) in [7, 11) is -2.68. The van der Waals surface area contributed by atoms with Gasteiger partial charge >= 0.3 is 0 Å². The smallest absolute Gasteiger partial charge is 0.267 e. The maximum absolute atomic E-state index is 14.2. The van der Waals surface area contributed by atoms with E-state index in [9.17, 15) is 4.79 Å². The van der Waals surface area contributed by atoms with Gasteiger partial charge in [-0.3, -0.25) is 9.69 Å². The number of hydrogen-bond acceptors (Lipinski definition) is 5. The molecule has 2 heterocycles. The minimum Gasteiger partial charge on any atom is -0.467 e. The van der Waals surface area contributed by atoms with Crippen LogP contribution in [0.3, 0.4) is 0 Å². The molecule has 6 rings (SSSR count). The molecule has 0 bridgehead atoms. The topological polar surface area (TPSA) is 48.0 Å². The van der Waals surface area contributed by atoms with Crippen LogP contribution < -0.4 is 10.4 Å². The van der Waals surface area contributed by atoms with Gasteiger partial charge in [-0.15, -0.1) is 0 Å². The van der Waals surface area contributed by atoms with E-state index in [2.05, 4.69) is 81.4 Å². The Morgan fingerprint density at radius 1 is 0.800 bits per heavy atom. The predicted octanol–water partition coefficient (Wildman–Crippen LogP) is 6.59. The molecule has 4 aromatic carbocycles. The van der Waals surface area contributed by atoms with Crippen molar-refractivity contribution in [2.75, 3.05) is 13.2 Å². The van der Waals surface area contributed by atoms with Crippen LogP contribution in [0.25, 0.3) is 0 Å². The summed E-state index contributed by atoms with van der Waals surface area (Å²) in [5, 5.41) is 2.58. The van der Waals surface area contributed by atoms with E-state index in [1.54, 1.807) is 4.90 Å². The fourth-order valence-electron chi connectivity index (χ4n) is 7.10. The molecule has 0 aliphatic carbocycles. The third-order valence-corrected chi connectivity index (χ3v) is 14.5. The number of carbonyl (C=O) groups excluding carboxylic acids is 1. The van der Waals surface area contributed by atoms with E-state index in [4.69, 9.17) is 26.1 Å². The third-order valence-electron chi connectivity index (χ3n) is 9.22. The molecule has 4 aromatic rings. The van der Waals surface area contributed by atoms with E-state index in [0.717, 1.165) is 24.0 Å². The van der Waals surface area contributed by atoms with Crippen molar-refractivity contribution >= 4 is 42.0 Å². The van der Waals surface area contributed by atoms with Crippen molar-refractivity contribution in [1.82, 2.24) is 4.90 Å². The fourth-order valence-corrected chi connectivity index (χ4v) is 12.0. The molecule has 2 aliphatic rings. The Morgan fingerprint density at radius 3 is 1.76 bits per heavy atom. The van der Waals surface area contributed by atoms with Gasteiger partial charge in [0.05, 0.1) is 25.2 Å². The zero-order chi connectivity index (χ0) is 31.5. The van der Waals surface area contributed by atoms with Crippen LogP contribution in [0.2, 0.25) is 5.04 Å². The van der Waals surface area contributed by atoms with Crippen LogP contribution in [0.1, 0.15) is 51.2 Å². The highest BCUT2D eigenvalue weighted by atomic mass is 32.1. The van der Waals surface area contributed by atoms with Gasteiger partial charge in [-0.1, -0.05) is 142 Å². The lowest BCUT2D eigenvalue weighted by atomic mass is 9.82. The Kier molecular flexibility index (Phi) is 9.07. The lowest BCUT2D eigenvalue weighted by Crippen LogP contribution is -2.67. The van der Waals surface area contributed by atoms with Gasteiger partial charge in [-0.05, 0) is 51.6 Å². The Bertz CT molecular complexity index is 1520. The molecule has 5 nitrogen and oxygen atoms in total. The van der Waals surface area contributed by atoms with Crippen molar-refractivity contribution < 1.29 is 18.7 Å². The van der Waals surface area contributed by atoms with Crippen LogP contribution >= 0.6 is 12.2 Å². The molecule has 0 unspecified atom stereocenters. The van der Waals surface area contributed by atoms with Crippen LogP contribution in [0.5, 0.6) is 0 Å². The molecule has 2 atom stereocenters. The zero-order valence-electron chi connectivity index (χ0n) is 26.2. The first-order valence-corrected chi connectivity index (χ1v) is 18.1. The van der Waals surface area contributed by atoms with Gasteiger partial charge in [0.2, 0.25) is 5.91 Å². The van der Waals surface area contributed by atoms with Crippen molar-refractivity contribution in [3.8, 4) is 0 Å². The molecular formula is C38H41NO4SSi. The summed E-state index contributed by atoms with van der Waals surface area (Å²) in [6, 6.07) is 41.4. The highest BCUT2D eigenvalue weighted by Gasteiger charge is 2.53. The Hall–Kier alpha value is -3.62. The summed E-state index contributed by atoms with van der Waals surface area (Å²) >= 11 is 5.67. The monoisotopic (exact) mass is 635 g/mol. The second-order valence-corrected chi connectivity index (χ2v) is 17.7. The largest absolute Gasteiger partial charge is 0.467 e.